The standard InChI is InChI=1S/C22H20Cl2N2O4S/c1-14-6-9-17(12-15(14)2)30-13-21(27)25-16-7-10-18(11-8-16)31(28,29)26-20-5-3-4-19(23)22(20)24/h3-12,26H,13H2,1-2H3,(H,25,27). The number of hydrogen-bond acceptors (Lipinski definition) is 4. The van der Waals surface area contributed by atoms with E-state index in [0.717, 1.165) is 11.1 Å². The second kappa shape index (κ2) is 9.60. The summed E-state index contributed by atoms with van der Waals surface area (Å²) < 4.78 is 33.1. The van der Waals surface area contributed by atoms with Crippen LogP contribution in [0.15, 0.2) is 65.6 Å². The summed E-state index contributed by atoms with van der Waals surface area (Å²) in [6.07, 6.45) is 0. The first kappa shape index (κ1) is 22.9. The van der Waals surface area contributed by atoms with E-state index >= 15 is 0 Å². The quantitative estimate of drug-likeness (QED) is 0.474. The van der Waals surface area contributed by atoms with Crippen LogP contribution in [0, 0.1) is 13.8 Å². The van der Waals surface area contributed by atoms with Gasteiger partial charge < -0.3 is 10.1 Å². The van der Waals surface area contributed by atoms with Gasteiger partial charge in [-0.15, -0.1) is 0 Å². The fourth-order valence-corrected chi connectivity index (χ4v) is 4.13. The number of benzene rings is 3. The first-order valence-corrected chi connectivity index (χ1v) is 11.5. The van der Waals surface area contributed by atoms with Crippen molar-refractivity contribution in [1.29, 1.82) is 0 Å². The Labute approximate surface area is 191 Å². The van der Waals surface area contributed by atoms with Gasteiger partial charge in [-0.3, -0.25) is 9.52 Å². The van der Waals surface area contributed by atoms with Gasteiger partial charge in [0.1, 0.15) is 5.75 Å². The van der Waals surface area contributed by atoms with E-state index in [1.165, 1.54) is 30.3 Å². The van der Waals surface area contributed by atoms with E-state index in [1.807, 2.05) is 26.0 Å². The highest BCUT2D eigenvalue weighted by atomic mass is 35.5. The van der Waals surface area contributed by atoms with E-state index in [1.54, 1.807) is 18.2 Å². The highest BCUT2D eigenvalue weighted by Crippen LogP contribution is 2.31. The van der Waals surface area contributed by atoms with Crippen LogP contribution in [0.1, 0.15) is 11.1 Å². The molecule has 0 unspecified atom stereocenters. The Morgan fingerprint density at radius 3 is 2.35 bits per heavy atom. The molecule has 0 heterocycles. The monoisotopic (exact) mass is 478 g/mol. The van der Waals surface area contributed by atoms with Crippen LogP contribution in [0.4, 0.5) is 11.4 Å². The van der Waals surface area contributed by atoms with Gasteiger partial charge in [0.05, 0.1) is 20.6 Å². The maximum Gasteiger partial charge on any atom is 0.262 e. The molecule has 0 fully saturated rings. The molecule has 0 radical (unpaired) electrons. The predicted octanol–water partition coefficient (Wildman–Crippen LogP) is 5.43. The van der Waals surface area contributed by atoms with Crippen LogP contribution in [-0.2, 0) is 14.8 Å². The smallest absolute Gasteiger partial charge is 0.262 e. The molecule has 0 aromatic heterocycles. The van der Waals surface area contributed by atoms with E-state index in [2.05, 4.69) is 10.0 Å². The van der Waals surface area contributed by atoms with Crippen molar-refractivity contribution < 1.29 is 17.9 Å². The van der Waals surface area contributed by atoms with Crippen LogP contribution in [0.2, 0.25) is 10.0 Å². The number of aryl methyl sites for hydroxylation is 2. The predicted molar refractivity (Wildman–Crippen MR) is 124 cm³/mol. The number of rotatable bonds is 7. The van der Waals surface area contributed by atoms with Gasteiger partial charge in [-0.1, -0.05) is 35.3 Å². The molecule has 9 heteroatoms. The van der Waals surface area contributed by atoms with Crippen molar-refractivity contribution in [3.8, 4) is 5.75 Å². The molecule has 2 N–H and O–H groups in total. The van der Waals surface area contributed by atoms with Crippen molar-refractivity contribution >= 4 is 50.5 Å². The minimum Gasteiger partial charge on any atom is -0.484 e. The van der Waals surface area contributed by atoms with Gasteiger partial charge in [0.25, 0.3) is 15.9 Å². The van der Waals surface area contributed by atoms with Gasteiger partial charge >= 0.3 is 0 Å². The Balaban J connectivity index is 1.61. The molecule has 0 atom stereocenters. The zero-order chi connectivity index (χ0) is 22.6. The van der Waals surface area contributed by atoms with Crippen molar-refractivity contribution in [2.45, 2.75) is 18.7 Å². The second-order valence-electron chi connectivity index (χ2n) is 6.81. The summed E-state index contributed by atoms with van der Waals surface area (Å²) in [6, 6.07) is 16.0. The number of anilines is 2. The van der Waals surface area contributed by atoms with Crippen LogP contribution >= 0.6 is 23.2 Å². The lowest BCUT2D eigenvalue weighted by Crippen LogP contribution is -2.20. The second-order valence-corrected chi connectivity index (χ2v) is 9.28. The lowest BCUT2D eigenvalue weighted by molar-refractivity contribution is -0.118. The van der Waals surface area contributed by atoms with Crippen LogP contribution < -0.4 is 14.8 Å². The van der Waals surface area contributed by atoms with Crippen molar-refractivity contribution in [2.24, 2.45) is 0 Å². The summed E-state index contributed by atoms with van der Waals surface area (Å²) in [7, 11) is -3.88. The average molecular weight is 479 g/mol. The molecule has 162 valence electrons. The number of carbonyl (C=O) groups excluding carboxylic acids is 1. The average Bonchev–Trinajstić information content (AvgIpc) is 2.72. The molecule has 0 saturated heterocycles. The topological polar surface area (TPSA) is 84.5 Å². The molecule has 6 nitrogen and oxygen atoms in total. The molecule has 3 rings (SSSR count). The fourth-order valence-electron chi connectivity index (χ4n) is 2.65. The minimum absolute atomic E-state index is 0.00733. The number of halogens is 2. The molecular formula is C22H20Cl2N2O4S. The van der Waals surface area contributed by atoms with Gasteiger partial charge in [0.15, 0.2) is 6.61 Å². The summed E-state index contributed by atoms with van der Waals surface area (Å²) in [5, 5.41) is 3.02. The number of ether oxygens (including phenoxy) is 1. The summed E-state index contributed by atoms with van der Waals surface area (Å²) >= 11 is 12.0. The van der Waals surface area contributed by atoms with Crippen molar-refractivity contribution in [3.05, 3.63) is 81.8 Å². The number of hydrogen-bond donors (Lipinski definition) is 2. The fraction of sp³-hybridized carbons (Fsp3) is 0.136. The molecule has 0 bridgehead atoms. The number of amides is 1. The molecule has 0 saturated carbocycles. The number of nitrogens with one attached hydrogen (secondary N) is 2. The van der Waals surface area contributed by atoms with E-state index < -0.39 is 10.0 Å². The Morgan fingerprint density at radius 2 is 1.68 bits per heavy atom. The van der Waals surface area contributed by atoms with Crippen molar-refractivity contribution in [2.75, 3.05) is 16.6 Å². The summed E-state index contributed by atoms with van der Waals surface area (Å²) in [5.74, 6) is 0.239. The third-order valence-corrected chi connectivity index (χ3v) is 6.69. The Kier molecular flexibility index (Phi) is 7.10. The molecular weight excluding hydrogens is 459 g/mol. The molecule has 0 aliphatic rings. The Morgan fingerprint density at radius 1 is 0.968 bits per heavy atom. The lowest BCUT2D eigenvalue weighted by atomic mass is 10.1. The molecule has 1 amide bonds. The highest BCUT2D eigenvalue weighted by Gasteiger charge is 2.17. The molecule has 0 spiro atoms. The van der Waals surface area contributed by atoms with E-state index in [9.17, 15) is 13.2 Å². The van der Waals surface area contributed by atoms with Crippen LogP contribution in [0.3, 0.4) is 0 Å². The van der Waals surface area contributed by atoms with E-state index in [-0.39, 0.29) is 33.1 Å². The maximum absolute atomic E-state index is 12.6. The van der Waals surface area contributed by atoms with E-state index in [0.29, 0.717) is 11.4 Å². The van der Waals surface area contributed by atoms with Crippen LogP contribution in [0.25, 0.3) is 0 Å². The number of carbonyl (C=O) groups is 1. The molecule has 31 heavy (non-hydrogen) atoms. The zero-order valence-electron chi connectivity index (χ0n) is 16.8. The minimum atomic E-state index is -3.88. The van der Waals surface area contributed by atoms with Gasteiger partial charge in [0, 0.05) is 5.69 Å². The van der Waals surface area contributed by atoms with Gasteiger partial charge in [-0.05, 0) is 73.5 Å². The Hall–Kier alpha value is -2.74. The molecule has 0 aliphatic carbocycles. The third-order valence-electron chi connectivity index (χ3n) is 4.49. The first-order chi connectivity index (χ1) is 14.7. The lowest BCUT2D eigenvalue weighted by Gasteiger charge is -2.11. The number of sulfonamides is 1. The summed E-state index contributed by atoms with van der Waals surface area (Å²) in [5.41, 5.74) is 2.82. The SMILES string of the molecule is Cc1ccc(OCC(=O)Nc2ccc(S(=O)(=O)Nc3cccc(Cl)c3Cl)cc2)cc1C. The van der Waals surface area contributed by atoms with Crippen molar-refractivity contribution in [1.82, 2.24) is 0 Å². The largest absolute Gasteiger partial charge is 0.484 e. The summed E-state index contributed by atoms with van der Waals surface area (Å²) in [4.78, 5) is 12.1. The van der Waals surface area contributed by atoms with Crippen LogP contribution in [0.5, 0.6) is 5.75 Å². The highest BCUT2D eigenvalue weighted by molar-refractivity contribution is 7.92. The van der Waals surface area contributed by atoms with Gasteiger partial charge in [-0.2, -0.15) is 0 Å². The third kappa shape index (κ3) is 5.91. The normalized spacial score (nSPS) is 11.1. The van der Waals surface area contributed by atoms with Gasteiger partial charge in [-0.25, -0.2) is 8.42 Å². The van der Waals surface area contributed by atoms with Crippen LogP contribution in [-0.4, -0.2) is 20.9 Å². The van der Waals surface area contributed by atoms with E-state index in [4.69, 9.17) is 27.9 Å². The van der Waals surface area contributed by atoms with Crippen molar-refractivity contribution in [3.63, 3.8) is 0 Å². The molecule has 3 aromatic rings. The molecule has 0 aliphatic heterocycles. The Bertz CT molecular complexity index is 1210. The zero-order valence-corrected chi connectivity index (χ0v) is 19.1. The van der Waals surface area contributed by atoms with Gasteiger partial charge in [0.2, 0.25) is 0 Å². The maximum atomic E-state index is 12.6. The summed E-state index contributed by atoms with van der Waals surface area (Å²) in [6.45, 7) is 3.79. The molecule has 3 aromatic carbocycles. The first-order valence-electron chi connectivity index (χ1n) is 9.22.